The highest BCUT2D eigenvalue weighted by Gasteiger charge is 2.17. The van der Waals surface area contributed by atoms with E-state index < -0.39 is 21.6 Å². The number of rotatable bonds is 6. The molecule has 0 saturated carbocycles. The van der Waals surface area contributed by atoms with Crippen LogP contribution in [0.3, 0.4) is 0 Å². The van der Waals surface area contributed by atoms with E-state index in [0.717, 1.165) is 0 Å². The number of hydrogen-bond donors (Lipinski definition) is 2. The van der Waals surface area contributed by atoms with Gasteiger partial charge < -0.3 is 5.73 Å². The molecule has 0 saturated heterocycles. The fourth-order valence-electron chi connectivity index (χ4n) is 3.45. The second-order valence-corrected chi connectivity index (χ2v) is 9.44. The highest BCUT2D eigenvalue weighted by Crippen LogP contribution is 2.23. The van der Waals surface area contributed by atoms with Crippen LogP contribution in [0.4, 0.5) is 16.2 Å². The maximum Gasteiger partial charge on any atom is 0.260 e. The Morgan fingerprint density at radius 3 is 2.55 bits per heavy atom. The monoisotopic (exact) mass is 468 g/mol. The zero-order chi connectivity index (χ0) is 23.8. The number of benzene rings is 1. The van der Waals surface area contributed by atoms with Gasteiger partial charge in [0.2, 0.25) is 16.0 Å². The van der Waals surface area contributed by atoms with Crippen LogP contribution in [-0.2, 0) is 15.8 Å². The quantitative estimate of drug-likeness (QED) is 0.444. The fraction of sp³-hybridized carbons (Fsp3) is 0.182. The first-order chi connectivity index (χ1) is 15.6. The Morgan fingerprint density at radius 1 is 1.12 bits per heavy atom. The third-order valence-corrected chi connectivity index (χ3v) is 6.16. The molecule has 0 aliphatic heterocycles. The Hall–Kier alpha value is -3.86. The highest BCUT2D eigenvalue weighted by atomic mass is 32.2. The molecule has 11 heteroatoms. The lowest BCUT2D eigenvalue weighted by Crippen LogP contribution is -2.25. The van der Waals surface area contributed by atoms with Gasteiger partial charge in [-0.3, -0.25) is 14.1 Å². The Kier molecular flexibility index (Phi) is 5.81. The van der Waals surface area contributed by atoms with E-state index >= 15 is 0 Å². The summed E-state index contributed by atoms with van der Waals surface area (Å²) in [5.74, 6) is -1.01. The van der Waals surface area contributed by atoms with Gasteiger partial charge in [-0.05, 0) is 38.1 Å². The van der Waals surface area contributed by atoms with Crippen molar-refractivity contribution in [2.75, 3.05) is 10.5 Å². The van der Waals surface area contributed by atoms with Crippen LogP contribution in [0.2, 0.25) is 0 Å². The number of pyridine rings is 2. The molecule has 0 spiro atoms. The van der Waals surface area contributed by atoms with Crippen LogP contribution in [0.25, 0.3) is 22.2 Å². The highest BCUT2D eigenvalue weighted by molar-refractivity contribution is 7.91. The zero-order valence-corrected chi connectivity index (χ0v) is 18.7. The summed E-state index contributed by atoms with van der Waals surface area (Å²) in [5, 5.41) is 0.627. The van der Waals surface area contributed by atoms with Crippen molar-refractivity contribution < 1.29 is 12.8 Å². The summed E-state index contributed by atoms with van der Waals surface area (Å²) >= 11 is 0. The first-order valence-corrected chi connectivity index (χ1v) is 11.7. The zero-order valence-electron chi connectivity index (χ0n) is 17.9. The van der Waals surface area contributed by atoms with Crippen LogP contribution >= 0.6 is 0 Å². The minimum atomic E-state index is -3.89. The van der Waals surface area contributed by atoms with Crippen molar-refractivity contribution in [3.8, 4) is 11.1 Å². The number of nitrogens with one attached hydrogen (secondary N) is 1. The normalized spacial score (nSPS) is 11.8. The summed E-state index contributed by atoms with van der Waals surface area (Å²) in [7, 11) is -3.89. The van der Waals surface area contributed by atoms with E-state index in [2.05, 4.69) is 19.7 Å². The first-order valence-electron chi connectivity index (χ1n) is 10.0. The molecule has 33 heavy (non-hydrogen) atoms. The second-order valence-electron chi connectivity index (χ2n) is 7.72. The number of hydrogen-bond acceptors (Lipinski definition) is 7. The molecule has 3 heterocycles. The van der Waals surface area contributed by atoms with Crippen LogP contribution in [0, 0.1) is 5.82 Å². The van der Waals surface area contributed by atoms with Crippen molar-refractivity contribution in [3.63, 3.8) is 0 Å². The molecule has 0 bridgehead atoms. The van der Waals surface area contributed by atoms with Crippen molar-refractivity contribution in [3.05, 3.63) is 76.6 Å². The number of sulfonamides is 1. The van der Waals surface area contributed by atoms with Crippen LogP contribution in [0.1, 0.15) is 25.5 Å². The molecule has 9 nitrogen and oxygen atoms in total. The lowest BCUT2D eigenvalue weighted by Gasteiger charge is -2.15. The van der Waals surface area contributed by atoms with E-state index in [4.69, 9.17) is 5.73 Å². The van der Waals surface area contributed by atoms with E-state index in [9.17, 15) is 17.6 Å². The third kappa shape index (κ3) is 4.67. The Morgan fingerprint density at radius 2 is 1.88 bits per heavy atom. The van der Waals surface area contributed by atoms with E-state index in [1.54, 1.807) is 18.2 Å². The molecular formula is C22H21FN6O3S. The SMILES string of the molecule is CC(C)n1c(=O)c(-c2ccc(NS(=O)(=O)Cc3ccccc3F)nc2)cc2cnc(N)nc21. The summed E-state index contributed by atoms with van der Waals surface area (Å²) in [5.41, 5.74) is 6.73. The van der Waals surface area contributed by atoms with Gasteiger partial charge in [-0.1, -0.05) is 18.2 Å². The number of nitrogens with zero attached hydrogens (tertiary/aromatic N) is 4. The maximum atomic E-state index is 13.8. The average molecular weight is 469 g/mol. The lowest BCUT2D eigenvalue weighted by atomic mass is 10.1. The van der Waals surface area contributed by atoms with E-state index in [1.165, 1.54) is 41.2 Å². The number of aromatic nitrogens is 4. The predicted molar refractivity (Wildman–Crippen MR) is 124 cm³/mol. The van der Waals surface area contributed by atoms with Gasteiger partial charge in [-0.25, -0.2) is 22.8 Å². The van der Waals surface area contributed by atoms with Crippen molar-refractivity contribution in [1.29, 1.82) is 0 Å². The minimum Gasteiger partial charge on any atom is -0.368 e. The molecule has 0 aliphatic rings. The van der Waals surface area contributed by atoms with Gasteiger partial charge in [0.1, 0.15) is 17.3 Å². The molecule has 3 aromatic heterocycles. The Bertz CT molecular complexity index is 1500. The van der Waals surface area contributed by atoms with Gasteiger partial charge in [0.05, 0.1) is 5.75 Å². The number of fused-ring (bicyclic) bond motifs is 1. The maximum absolute atomic E-state index is 13.8. The molecule has 0 radical (unpaired) electrons. The molecular weight excluding hydrogens is 447 g/mol. The van der Waals surface area contributed by atoms with Gasteiger partial charge in [0, 0.05) is 40.5 Å². The summed E-state index contributed by atoms with van der Waals surface area (Å²) in [6.07, 6.45) is 2.93. The Balaban J connectivity index is 1.66. The largest absolute Gasteiger partial charge is 0.368 e. The van der Waals surface area contributed by atoms with Crippen LogP contribution < -0.4 is 16.0 Å². The molecule has 0 atom stereocenters. The summed E-state index contributed by atoms with van der Waals surface area (Å²) < 4.78 is 42.5. The lowest BCUT2D eigenvalue weighted by molar-refractivity contribution is 0.591. The number of halogens is 1. The number of nitrogens with two attached hydrogens (primary N) is 1. The molecule has 0 aliphatic carbocycles. The van der Waals surface area contributed by atoms with Gasteiger partial charge in [0.15, 0.2) is 0 Å². The minimum absolute atomic E-state index is 0.0508. The van der Waals surface area contributed by atoms with Crippen molar-refractivity contribution in [2.24, 2.45) is 0 Å². The van der Waals surface area contributed by atoms with Gasteiger partial charge in [-0.15, -0.1) is 0 Å². The molecule has 170 valence electrons. The smallest absolute Gasteiger partial charge is 0.260 e. The first kappa shape index (κ1) is 22.3. The van der Waals surface area contributed by atoms with E-state index in [-0.39, 0.29) is 28.9 Å². The van der Waals surface area contributed by atoms with E-state index in [1.807, 2.05) is 13.8 Å². The van der Waals surface area contributed by atoms with Gasteiger partial charge >= 0.3 is 0 Å². The molecule has 4 rings (SSSR count). The summed E-state index contributed by atoms with van der Waals surface area (Å²) in [4.78, 5) is 25.5. The standard InChI is InChI=1S/C22H21FN6O3S/c1-13(2)29-20-16(11-26-22(24)27-20)9-17(21(29)30)14-7-8-19(25-10-14)28-33(31,32)12-15-5-3-4-6-18(15)23/h3-11,13H,12H2,1-2H3,(H,25,28)(H2,24,26,27). The summed E-state index contributed by atoms with van der Waals surface area (Å²) in [6, 6.07) is 10.1. The van der Waals surface area contributed by atoms with E-state index in [0.29, 0.717) is 22.2 Å². The molecule has 3 N–H and O–H groups in total. The predicted octanol–water partition coefficient (Wildman–Crippen LogP) is 3.10. The molecule has 0 amide bonds. The molecule has 0 unspecified atom stereocenters. The van der Waals surface area contributed by atoms with Crippen LogP contribution in [0.5, 0.6) is 0 Å². The van der Waals surface area contributed by atoms with Crippen LogP contribution in [-0.4, -0.2) is 27.9 Å². The topological polar surface area (TPSA) is 133 Å². The van der Waals surface area contributed by atoms with Crippen molar-refractivity contribution >= 4 is 32.8 Å². The Labute approximate surface area is 189 Å². The van der Waals surface area contributed by atoms with Crippen molar-refractivity contribution in [1.82, 2.24) is 19.5 Å². The van der Waals surface area contributed by atoms with Crippen molar-refractivity contribution in [2.45, 2.75) is 25.6 Å². The van der Waals surface area contributed by atoms with Gasteiger partial charge in [0.25, 0.3) is 5.56 Å². The van der Waals surface area contributed by atoms with Gasteiger partial charge in [-0.2, -0.15) is 4.98 Å². The molecule has 0 fully saturated rings. The average Bonchev–Trinajstić information content (AvgIpc) is 2.75. The number of nitrogen functional groups attached to an aromatic ring is 1. The van der Waals surface area contributed by atoms with Crippen LogP contribution in [0.15, 0.2) is 59.7 Å². The second kappa shape index (κ2) is 8.58. The molecule has 1 aromatic carbocycles. The fourth-order valence-corrected chi connectivity index (χ4v) is 4.60. The number of anilines is 2. The molecule has 4 aromatic rings. The summed E-state index contributed by atoms with van der Waals surface area (Å²) in [6.45, 7) is 3.71. The third-order valence-electron chi connectivity index (χ3n) is 4.95.